The van der Waals surface area contributed by atoms with Crippen molar-refractivity contribution in [2.24, 2.45) is 5.73 Å². The second-order valence-corrected chi connectivity index (χ2v) is 8.29. The summed E-state index contributed by atoms with van der Waals surface area (Å²) in [7, 11) is 4.18. The third kappa shape index (κ3) is 20.1. The van der Waals surface area contributed by atoms with Crippen LogP contribution in [0.3, 0.4) is 0 Å². The van der Waals surface area contributed by atoms with Crippen molar-refractivity contribution in [3.8, 4) is 0 Å². The van der Waals surface area contributed by atoms with Gasteiger partial charge in [-0.05, 0) is 59.5 Å². The van der Waals surface area contributed by atoms with Crippen molar-refractivity contribution >= 4 is 5.97 Å². The predicted octanol–water partition coefficient (Wildman–Crippen LogP) is 4.44. The molecule has 0 aliphatic rings. The van der Waals surface area contributed by atoms with Crippen LogP contribution in [0.1, 0.15) is 90.4 Å². The Balaban J connectivity index is 3.61. The number of carbonyl (C=O) groups excluding carboxylic acids is 1. The molecule has 0 saturated heterocycles. The SMILES string of the molecule is CCCCCCCCCCCCOC(=O)CCN(CCCN)CCCN(C)C. The molecule has 0 aromatic carbocycles. The van der Waals surface area contributed by atoms with Gasteiger partial charge in [-0.2, -0.15) is 0 Å². The number of nitrogens with two attached hydrogens (primary N) is 1. The Hall–Kier alpha value is -0.650. The molecule has 0 aromatic rings. The Labute approximate surface area is 175 Å². The van der Waals surface area contributed by atoms with Gasteiger partial charge in [-0.1, -0.05) is 64.7 Å². The highest BCUT2D eigenvalue weighted by molar-refractivity contribution is 5.69. The molecular weight excluding hydrogens is 350 g/mol. The lowest BCUT2D eigenvalue weighted by molar-refractivity contribution is -0.144. The number of carbonyl (C=O) groups is 1. The first kappa shape index (κ1) is 27.4. The van der Waals surface area contributed by atoms with Gasteiger partial charge < -0.3 is 20.3 Å². The largest absolute Gasteiger partial charge is 0.466 e. The highest BCUT2D eigenvalue weighted by Crippen LogP contribution is 2.10. The molecule has 0 fully saturated rings. The van der Waals surface area contributed by atoms with Crippen molar-refractivity contribution in [3.63, 3.8) is 0 Å². The molecule has 0 unspecified atom stereocenters. The highest BCUT2D eigenvalue weighted by Gasteiger charge is 2.09. The molecule has 0 aliphatic carbocycles. The number of unbranched alkanes of at least 4 members (excludes halogenated alkanes) is 9. The van der Waals surface area contributed by atoms with Crippen molar-refractivity contribution in [2.75, 3.05) is 53.4 Å². The van der Waals surface area contributed by atoms with E-state index in [0.717, 1.165) is 45.4 Å². The van der Waals surface area contributed by atoms with E-state index >= 15 is 0 Å². The summed E-state index contributed by atoms with van der Waals surface area (Å²) in [5, 5.41) is 0. The van der Waals surface area contributed by atoms with Gasteiger partial charge in [0.1, 0.15) is 0 Å². The summed E-state index contributed by atoms with van der Waals surface area (Å²) in [5.41, 5.74) is 5.63. The summed E-state index contributed by atoms with van der Waals surface area (Å²) in [6.07, 6.45) is 15.6. The van der Waals surface area contributed by atoms with E-state index in [1.54, 1.807) is 0 Å². The number of ether oxygens (including phenoxy) is 1. The maximum Gasteiger partial charge on any atom is 0.307 e. The van der Waals surface area contributed by atoms with E-state index in [2.05, 4.69) is 30.8 Å². The van der Waals surface area contributed by atoms with Crippen LogP contribution in [-0.4, -0.2) is 69.2 Å². The van der Waals surface area contributed by atoms with Crippen LogP contribution >= 0.6 is 0 Å². The fraction of sp³-hybridized carbons (Fsp3) is 0.957. The molecule has 0 aliphatic heterocycles. The molecule has 0 bridgehead atoms. The van der Waals surface area contributed by atoms with E-state index in [4.69, 9.17) is 10.5 Å². The van der Waals surface area contributed by atoms with Gasteiger partial charge in [0.2, 0.25) is 0 Å². The minimum atomic E-state index is -0.0544. The Bertz CT molecular complexity index is 338. The van der Waals surface area contributed by atoms with E-state index in [0.29, 0.717) is 19.6 Å². The average molecular weight is 400 g/mol. The minimum Gasteiger partial charge on any atom is -0.466 e. The standard InChI is InChI=1S/C23H49N3O2/c1-4-5-6-7-8-9-10-11-12-13-22-28-23(27)16-21-26(19-14-17-24)20-15-18-25(2)3/h4-22,24H2,1-3H3. The molecule has 0 rings (SSSR count). The lowest BCUT2D eigenvalue weighted by Crippen LogP contribution is -2.31. The van der Waals surface area contributed by atoms with Gasteiger partial charge in [0.25, 0.3) is 0 Å². The summed E-state index contributed by atoms with van der Waals surface area (Å²) in [6, 6.07) is 0. The van der Waals surface area contributed by atoms with Crippen LogP contribution in [0, 0.1) is 0 Å². The predicted molar refractivity (Wildman–Crippen MR) is 121 cm³/mol. The normalized spacial score (nSPS) is 11.5. The van der Waals surface area contributed by atoms with Crippen LogP contribution in [0.4, 0.5) is 0 Å². The Kier molecular flexibility index (Phi) is 20.6. The van der Waals surface area contributed by atoms with Gasteiger partial charge >= 0.3 is 5.97 Å². The quantitative estimate of drug-likeness (QED) is 0.228. The van der Waals surface area contributed by atoms with Gasteiger partial charge in [-0.3, -0.25) is 4.79 Å². The molecule has 0 radical (unpaired) electrons. The molecule has 0 saturated carbocycles. The zero-order valence-corrected chi connectivity index (χ0v) is 19.2. The topological polar surface area (TPSA) is 58.8 Å². The number of esters is 1. The van der Waals surface area contributed by atoms with Crippen LogP contribution < -0.4 is 5.73 Å². The van der Waals surface area contributed by atoms with Gasteiger partial charge in [0.05, 0.1) is 13.0 Å². The lowest BCUT2D eigenvalue weighted by atomic mass is 10.1. The molecule has 0 amide bonds. The summed E-state index contributed by atoms with van der Waals surface area (Å²) in [6.45, 7) is 7.38. The van der Waals surface area contributed by atoms with Crippen molar-refractivity contribution in [2.45, 2.75) is 90.4 Å². The average Bonchev–Trinajstić information content (AvgIpc) is 2.67. The Morgan fingerprint density at radius 1 is 0.750 bits per heavy atom. The molecule has 5 heteroatoms. The maximum absolute atomic E-state index is 12.0. The number of rotatable bonds is 21. The van der Waals surface area contributed by atoms with Crippen LogP contribution in [0.25, 0.3) is 0 Å². The second kappa shape index (κ2) is 21.1. The third-order valence-corrected chi connectivity index (χ3v) is 5.15. The van der Waals surface area contributed by atoms with E-state index in [-0.39, 0.29) is 5.97 Å². The number of hydrogen-bond donors (Lipinski definition) is 1. The van der Waals surface area contributed by atoms with E-state index in [1.807, 2.05) is 0 Å². The fourth-order valence-corrected chi connectivity index (χ4v) is 3.36. The van der Waals surface area contributed by atoms with E-state index in [9.17, 15) is 4.79 Å². The van der Waals surface area contributed by atoms with Crippen LogP contribution in [0.5, 0.6) is 0 Å². The minimum absolute atomic E-state index is 0.0544. The molecule has 0 heterocycles. The summed E-state index contributed by atoms with van der Waals surface area (Å²) >= 11 is 0. The summed E-state index contributed by atoms with van der Waals surface area (Å²) in [5.74, 6) is -0.0544. The smallest absolute Gasteiger partial charge is 0.307 e. The van der Waals surface area contributed by atoms with Crippen LogP contribution in [-0.2, 0) is 9.53 Å². The molecule has 168 valence electrons. The highest BCUT2D eigenvalue weighted by atomic mass is 16.5. The van der Waals surface area contributed by atoms with Crippen LogP contribution in [0.15, 0.2) is 0 Å². The molecule has 5 nitrogen and oxygen atoms in total. The van der Waals surface area contributed by atoms with E-state index in [1.165, 1.54) is 57.8 Å². The summed E-state index contributed by atoms with van der Waals surface area (Å²) in [4.78, 5) is 16.5. The van der Waals surface area contributed by atoms with Gasteiger partial charge in [0, 0.05) is 6.54 Å². The first-order valence-corrected chi connectivity index (χ1v) is 11.8. The van der Waals surface area contributed by atoms with Crippen molar-refractivity contribution in [1.29, 1.82) is 0 Å². The van der Waals surface area contributed by atoms with Gasteiger partial charge in [-0.25, -0.2) is 0 Å². The zero-order chi connectivity index (χ0) is 20.9. The second-order valence-electron chi connectivity index (χ2n) is 8.29. The molecule has 2 N–H and O–H groups in total. The lowest BCUT2D eigenvalue weighted by Gasteiger charge is -2.22. The molecule has 0 atom stereocenters. The van der Waals surface area contributed by atoms with E-state index < -0.39 is 0 Å². The third-order valence-electron chi connectivity index (χ3n) is 5.15. The molecular formula is C23H49N3O2. The van der Waals surface area contributed by atoms with Crippen molar-refractivity contribution < 1.29 is 9.53 Å². The molecule has 0 aromatic heterocycles. The molecule has 28 heavy (non-hydrogen) atoms. The van der Waals surface area contributed by atoms with Crippen molar-refractivity contribution in [3.05, 3.63) is 0 Å². The summed E-state index contributed by atoms with van der Waals surface area (Å²) < 4.78 is 5.41. The van der Waals surface area contributed by atoms with Crippen molar-refractivity contribution in [1.82, 2.24) is 9.80 Å². The molecule has 0 spiro atoms. The van der Waals surface area contributed by atoms with Gasteiger partial charge in [0.15, 0.2) is 0 Å². The Morgan fingerprint density at radius 2 is 1.32 bits per heavy atom. The number of hydrogen-bond acceptors (Lipinski definition) is 5. The van der Waals surface area contributed by atoms with Gasteiger partial charge in [-0.15, -0.1) is 0 Å². The number of nitrogens with zero attached hydrogens (tertiary/aromatic N) is 2. The Morgan fingerprint density at radius 3 is 1.89 bits per heavy atom. The maximum atomic E-state index is 12.0. The van der Waals surface area contributed by atoms with Crippen LogP contribution in [0.2, 0.25) is 0 Å². The monoisotopic (exact) mass is 399 g/mol. The fourth-order valence-electron chi connectivity index (χ4n) is 3.36. The first-order chi connectivity index (χ1) is 13.6. The zero-order valence-electron chi connectivity index (χ0n) is 19.2. The first-order valence-electron chi connectivity index (χ1n) is 11.8.